The highest BCUT2D eigenvalue weighted by Crippen LogP contribution is 2.17. The largest absolute Gasteiger partial charge is 0.363 e. The number of nitrogens with one attached hydrogen (secondary N) is 1. The third kappa shape index (κ3) is 4.85. The van der Waals surface area contributed by atoms with Gasteiger partial charge in [-0.2, -0.15) is 0 Å². The summed E-state index contributed by atoms with van der Waals surface area (Å²) in [7, 11) is 1.93. The van der Waals surface area contributed by atoms with Crippen molar-refractivity contribution < 1.29 is 4.79 Å². The van der Waals surface area contributed by atoms with E-state index in [0.29, 0.717) is 12.5 Å². The predicted octanol–water partition coefficient (Wildman–Crippen LogP) is 2.13. The van der Waals surface area contributed by atoms with Gasteiger partial charge in [-0.1, -0.05) is 26.0 Å². The Bertz CT molecular complexity index is 431. The van der Waals surface area contributed by atoms with Crippen molar-refractivity contribution in [2.45, 2.75) is 39.8 Å². The quantitative estimate of drug-likeness (QED) is 0.802. The maximum Gasteiger partial charge on any atom is 0.242 e. The van der Waals surface area contributed by atoms with Crippen LogP contribution in [0.5, 0.6) is 0 Å². The highest BCUT2D eigenvalue weighted by molar-refractivity contribution is 5.84. The molecule has 0 radical (unpaired) electrons. The van der Waals surface area contributed by atoms with Crippen LogP contribution >= 0.6 is 0 Å². The van der Waals surface area contributed by atoms with E-state index in [1.54, 1.807) is 0 Å². The van der Waals surface area contributed by atoms with Gasteiger partial charge in [-0.15, -0.1) is 0 Å². The Morgan fingerprint density at radius 3 is 2.65 bits per heavy atom. The summed E-state index contributed by atoms with van der Waals surface area (Å²) in [4.78, 5) is 14.1. The molecule has 0 saturated heterocycles. The molecule has 1 rings (SSSR count). The fraction of sp³-hybridized carbons (Fsp3) is 0.562. The van der Waals surface area contributed by atoms with Gasteiger partial charge in [-0.05, 0) is 37.0 Å². The molecule has 4 nitrogen and oxygen atoms in total. The van der Waals surface area contributed by atoms with Gasteiger partial charge in [0.2, 0.25) is 5.91 Å². The van der Waals surface area contributed by atoms with Crippen molar-refractivity contribution in [2.24, 2.45) is 11.7 Å². The standard InChI is InChI=1S/C16H27N3O/c1-12(2)8-9-18-16(20)13(3)19(4)15-7-5-6-14(10-15)11-17/h5-7,10,12-13H,8-9,11,17H2,1-4H3,(H,18,20). The van der Waals surface area contributed by atoms with E-state index in [4.69, 9.17) is 5.73 Å². The Morgan fingerprint density at radius 2 is 2.05 bits per heavy atom. The monoisotopic (exact) mass is 277 g/mol. The number of anilines is 1. The van der Waals surface area contributed by atoms with Crippen LogP contribution in [0.4, 0.5) is 5.69 Å². The van der Waals surface area contributed by atoms with Crippen molar-refractivity contribution >= 4 is 11.6 Å². The fourth-order valence-electron chi connectivity index (χ4n) is 1.93. The zero-order chi connectivity index (χ0) is 15.1. The number of carbonyl (C=O) groups is 1. The van der Waals surface area contributed by atoms with Gasteiger partial charge in [0.15, 0.2) is 0 Å². The number of hydrogen-bond acceptors (Lipinski definition) is 3. The first-order chi connectivity index (χ1) is 9.45. The number of likely N-dealkylation sites (N-methyl/N-ethyl adjacent to an activating group) is 1. The summed E-state index contributed by atoms with van der Waals surface area (Å²) in [6, 6.07) is 7.78. The molecule has 0 spiro atoms. The third-order valence-electron chi connectivity index (χ3n) is 3.53. The molecule has 1 atom stereocenters. The van der Waals surface area contributed by atoms with Crippen molar-refractivity contribution in [2.75, 3.05) is 18.5 Å². The van der Waals surface area contributed by atoms with Crippen LogP contribution in [0.25, 0.3) is 0 Å². The molecule has 0 saturated carbocycles. The average molecular weight is 277 g/mol. The first-order valence-corrected chi connectivity index (χ1v) is 7.25. The fourth-order valence-corrected chi connectivity index (χ4v) is 1.93. The van der Waals surface area contributed by atoms with Gasteiger partial charge in [0, 0.05) is 25.8 Å². The Balaban J connectivity index is 2.60. The zero-order valence-corrected chi connectivity index (χ0v) is 13.0. The van der Waals surface area contributed by atoms with Gasteiger partial charge in [0.05, 0.1) is 0 Å². The number of nitrogens with zero attached hydrogens (tertiary/aromatic N) is 1. The summed E-state index contributed by atoms with van der Waals surface area (Å²) in [5.74, 6) is 0.663. The summed E-state index contributed by atoms with van der Waals surface area (Å²) in [5.41, 5.74) is 7.74. The number of nitrogens with two attached hydrogens (primary N) is 1. The molecule has 4 heteroatoms. The normalized spacial score (nSPS) is 12.3. The van der Waals surface area contributed by atoms with Crippen LogP contribution in [-0.2, 0) is 11.3 Å². The van der Waals surface area contributed by atoms with E-state index in [1.165, 1.54) is 0 Å². The van der Waals surface area contributed by atoms with Crippen LogP contribution in [0.3, 0.4) is 0 Å². The third-order valence-corrected chi connectivity index (χ3v) is 3.53. The summed E-state index contributed by atoms with van der Waals surface area (Å²) < 4.78 is 0. The van der Waals surface area contributed by atoms with Crippen LogP contribution in [0, 0.1) is 5.92 Å². The average Bonchev–Trinajstić information content (AvgIpc) is 2.45. The number of amides is 1. The van der Waals surface area contributed by atoms with Gasteiger partial charge < -0.3 is 16.0 Å². The molecule has 1 aromatic carbocycles. The summed E-state index contributed by atoms with van der Waals surface area (Å²) in [5, 5.41) is 2.99. The van der Waals surface area contributed by atoms with Gasteiger partial charge in [-0.3, -0.25) is 4.79 Å². The number of hydrogen-bond donors (Lipinski definition) is 2. The minimum Gasteiger partial charge on any atom is -0.363 e. The van der Waals surface area contributed by atoms with Gasteiger partial charge in [0.1, 0.15) is 6.04 Å². The summed E-state index contributed by atoms with van der Waals surface area (Å²) >= 11 is 0. The second-order valence-electron chi connectivity index (χ2n) is 5.63. The van der Waals surface area contributed by atoms with E-state index in [2.05, 4.69) is 19.2 Å². The molecule has 1 aromatic rings. The predicted molar refractivity (Wildman–Crippen MR) is 84.7 cm³/mol. The lowest BCUT2D eigenvalue weighted by Crippen LogP contribution is -2.43. The van der Waals surface area contributed by atoms with Crippen LogP contribution in [-0.4, -0.2) is 25.5 Å². The molecule has 0 aromatic heterocycles. The number of benzene rings is 1. The topological polar surface area (TPSA) is 58.4 Å². The first-order valence-electron chi connectivity index (χ1n) is 7.25. The lowest BCUT2D eigenvalue weighted by molar-refractivity contribution is -0.122. The van der Waals surface area contributed by atoms with Gasteiger partial charge >= 0.3 is 0 Å². The van der Waals surface area contributed by atoms with E-state index < -0.39 is 0 Å². The first kappa shape index (κ1) is 16.5. The van der Waals surface area contributed by atoms with Crippen molar-refractivity contribution in [1.29, 1.82) is 0 Å². The molecule has 20 heavy (non-hydrogen) atoms. The lowest BCUT2D eigenvalue weighted by Gasteiger charge is -2.26. The van der Waals surface area contributed by atoms with Crippen LogP contribution in [0.15, 0.2) is 24.3 Å². The Kier molecular flexibility index (Phi) is 6.52. The van der Waals surface area contributed by atoms with Crippen molar-refractivity contribution in [3.63, 3.8) is 0 Å². The van der Waals surface area contributed by atoms with Crippen molar-refractivity contribution in [3.05, 3.63) is 29.8 Å². The van der Waals surface area contributed by atoms with Gasteiger partial charge in [-0.25, -0.2) is 0 Å². The Labute approximate surface area is 122 Å². The molecule has 0 heterocycles. The molecule has 0 aliphatic rings. The minimum absolute atomic E-state index is 0.0614. The molecule has 112 valence electrons. The van der Waals surface area contributed by atoms with Crippen LogP contribution in [0.1, 0.15) is 32.8 Å². The second kappa shape index (κ2) is 7.90. The highest BCUT2D eigenvalue weighted by atomic mass is 16.2. The number of carbonyl (C=O) groups excluding carboxylic acids is 1. The Morgan fingerprint density at radius 1 is 1.35 bits per heavy atom. The van der Waals surface area contributed by atoms with Crippen molar-refractivity contribution in [3.8, 4) is 0 Å². The smallest absolute Gasteiger partial charge is 0.242 e. The second-order valence-corrected chi connectivity index (χ2v) is 5.63. The molecular weight excluding hydrogens is 250 g/mol. The lowest BCUT2D eigenvalue weighted by atomic mass is 10.1. The maximum atomic E-state index is 12.1. The molecule has 0 aliphatic heterocycles. The van der Waals surface area contributed by atoms with Crippen LogP contribution < -0.4 is 16.0 Å². The molecular formula is C16H27N3O. The molecule has 3 N–H and O–H groups in total. The van der Waals surface area contributed by atoms with Gasteiger partial charge in [0.25, 0.3) is 0 Å². The highest BCUT2D eigenvalue weighted by Gasteiger charge is 2.18. The summed E-state index contributed by atoms with van der Waals surface area (Å²) in [6.07, 6.45) is 1.00. The maximum absolute atomic E-state index is 12.1. The zero-order valence-electron chi connectivity index (χ0n) is 13.0. The SMILES string of the molecule is CC(C)CCNC(=O)C(C)N(C)c1cccc(CN)c1. The van der Waals surface area contributed by atoms with Crippen LogP contribution in [0.2, 0.25) is 0 Å². The molecule has 0 bridgehead atoms. The van der Waals surface area contributed by atoms with E-state index in [-0.39, 0.29) is 11.9 Å². The van der Waals surface area contributed by atoms with E-state index in [0.717, 1.165) is 24.2 Å². The molecule has 1 unspecified atom stereocenters. The minimum atomic E-state index is -0.199. The van der Waals surface area contributed by atoms with E-state index >= 15 is 0 Å². The summed E-state index contributed by atoms with van der Waals surface area (Å²) in [6.45, 7) is 7.47. The molecule has 1 amide bonds. The molecule has 0 fully saturated rings. The van der Waals surface area contributed by atoms with E-state index in [1.807, 2.05) is 43.1 Å². The van der Waals surface area contributed by atoms with E-state index in [9.17, 15) is 4.79 Å². The Hall–Kier alpha value is -1.55. The molecule has 0 aliphatic carbocycles. The van der Waals surface area contributed by atoms with Crippen molar-refractivity contribution in [1.82, 2.24) is 5.32 Å². The number of rotatable bonds is 7.